The largest absolute Gasteiger partial charge is 0.198 e. The van der Waals surface area contributed by atoms with Gasteiger partial charge in [-0.1, -0.05) is 19.1 Å². The highest BCUT2D eigenvalue weighted by molar-refractivity contribution is 5.15. The molecule has 5 atom stereocenters. The van der Waals surface area contributed by atoms with Crippen LogP contribution in [0.25, 0.3) is 0 Å². The van der Waals surface area contributed by atoms with Crippen molar-refractivity contribution in [3.8, 4) is 6.07 Å². The normalized spacial score (nSPS) is 46.1. The third-order valence-electron chi connectivity index (χ3n) is 3.71. The molecule has 0 aromatic heterocycles. The molecule has 64 valence electrons. The number of rotatable bonds is 1. The van der Waals surface area contributed by atoms with Crippen LogP contribution in [-0.2, 0) is 0 Å². The molecule has 1 heteroatoms. The Morgan fingerprint density at radius 3 is 2.58 bits per heavy atom. The maximum atomic E-state index is 8.87. The molecule has 0 N–H and O–H groups in total. The van der Waals surface area contributed by atoms with Crippen molar-refractivity contribution in [1.29, 1.82) is 5.26 Å². The summed E-state index contributed by atoms with van der Waals surface area (Å²) >= 11 is 0. The van der Waals surface area contributed by atoms with Crippen molar-refractivity contribution in [2.24, 2.45) is 29.6 Å². The fourth-order valence-corrected chi connectivity index (χ4v) is 3.02. The smallest absolute Gasteiger partial charge is 0.0656 e. The fraction of sp³-hybridized carbons (Fsp3) is 0.727. The SMILES string of the molecule is CC(C#N)C1C2C=CC(C2)C1C. The quantitative estimate of drug-likeness (QED) is 0.542. The van der Waals surface area contributed by atoms with E-state index >= 15 is 0 Å². The van der Waals surface area contributed by atoms with Crippen LogP contribution in [0.3, 0.4) is 0 Å². The second-order valence-corrected chi connectivity index (χ2v) is 4.30. The molecule has 1 saturated carbocycles. The molecule has 1 nitrogen and oxygen atoms in total. The van der Waals surface area contributed by atoms with Crippen LogP contribution in [0.1, 0.15) is 20.3 Å². The third kappa shape index (κ3) is 0.909. The molecule has 2 rings (SSSR count). The molecule has 0 heterocycles. The average Bonchev–Trinajstić information content (AvgIpc) is 2.63. The first kappa shape index (κ1) is 7.86. The number of hydrogen-bond acceptors (Lipinski definition) is 1. The molecule has 2 bridgehead atoms. The van der Waals surface area contributed by atoms with Crippen molar-refractivity contribution >= 4 is 0 Å². The Bertz CT molecular complexity index is 248. The molecule has 5 unspecified atom stereocenters. The molecule has 0 radical (unpaired) electrons. The third-order valence-corrected chi connectivity index (χ3v) is 3.71. The summed E-state index contributed by atoms with van der Waals surface area (Å²) in [7, 11) is 0. The number of nitriles is 1. The Kier molecular flexibility index (Phi) is 1.72. The monoisotopic (exact) mass is 161 g/mol. The van der Waals surface area contributed by atoms with Gasteiger partial charge in [0.2, 0.25) is 0 Å². The van der Waals surface area contributed by atoms with Gasteiger partial charge in [-0.05, 0) is 37.0 Å². The van der Waals surface area contributed by atoms with E-state index in [0.29, 0.717) is 11.8 Å². The molecule has 0 aromatic carbocycles. The first-order chi connectivity index (χ1) is 5.74. The molecule has 0 amide bonds. The maximum Gasteiger partial charge on any atom is 0.0656 e. The summed E-state index contributed by atoms with van der Waals surface area (Å²) < 4.78 is 0. The van der Waals surface area contributed by atoms with Crippen LogP contribution in [-0.4, -0.2) is 0 Å². The average molecular weight is 161 g/mol. The van der Waals surface area contributed by atoms with E-state index in [1.807, 2.05) is 0 Å². The lowest BCUT2D eigenvalue weighted by molar-refractivity contribution is 0.277. The molecule has 2 aliphatic rings. The highest BCUT2D eigenvalue weighted by atomic mass is 14.5. The summed E-state index contributed by atoms with van der Waals surface area (Å²) in [5, 5.41) is 8.87. The summed E-state index contributed by atoms with van der Waals surface area (Å²) in [6.07, 6.45) is 5.97. The fourth-order valence-electron chi connectivity index (χ4n) is 3.02. The van der Waals surface area contributed by atoms with Crippen LogP contribution < -0.4 is 0 Å². The maximum absolute atomic E-state index is 8.87. The van der Waals surface area contributed by atoms with Crippen molar-refractivity contribution in [3.05, 3.63) is 12.2 Å². The summed E-state index contributed by atoms with van der Waals surface area (Å²) in [5.74, 6) is 3.08. The van der Waals surface area contributed by atoms with Crippen molar-refractivity contribution in [3.63, 3.8) is 0 Å². The Balaban J connectivity index is 2.19. The van der Waals surface area contributed by atoms with Gasteiger partial charge in [0.1, 0.15) is 0 Å². The van der Waals surface area contributed by atoms with Crippen molar-refractivity contribution in [2.45, 2.75) is 20.3 Å². The van der Waals surface area contributed by atoms with Crippen molar-refractivity contribution < 1.29 is 0 Å². The number of nitrogens with zero attached hydrogens (tertiary/aromatic N) is 1. The topological polar surface area (TPSA) is 23.8 Å². The zero-order chi connectivity index (χ0) is 8.72. The molecule has 12 heavy (non-hydrogen) atoms. The molecule has 0 spiro atoms. The minimum Gasteiger partial charge on any atom is -0.198 e. The van der Waals surface area contributed by atoms with Crippen LogP contribution >= 0.6 is 0 Å². The number of fused-ring (bicyclic) bond motifs is 2. The van der Waals surface area contributed by atoms with Gasteiger partial charge in [0.25, 0.3) is 0 Å². The van der Waals surface area contributed by atoms with E-state index in [1.165, 1.54) is 6.42 Å². The Morgan fingerprint density at radius 2 is 2.08 bits per heavy atom. The number of hydrogen-bond donors (Lipinski definition) is 0. The number of allylic oxidation sites excluding steroid dienone is 2. The van der Waals surface area contributed by atoms with Crippen LogP contribution in [0.15, 0.2) is 12.2 Å². The molecule has 0 saturated heterocycles. The molecule has 0 aromatic rings. The summed E-state index contributed by atoms with van der Waals surface area (Å²) in [6, 6.07) is 2.39. The lowest BCUT2D eigenvalue weighted by Crippen LogP contribution is -2.22. The summed E-state index contributed by atoms with van der Waals surface area (Å²) in [4.78, 5) is 0. The molecular weight excluding hydrogens is 146 g/mol. The van der Waals surface area contributed by atoms with Crippen LogP contribution in [0, 0.1) is 40.9 Å². The second kappa shape index (κ2) is 2.62. The van der Waals surface area contributed by atoms with E-state index in [2.05, 4.69) is 32.1 Å². The Labute approximate surface area is 74.1 Å². The van der Waals surface area contributed by atoms with Crippen LogP contribution in [0.5, 0.6) is 0 Å². The predicted molar refractivity (Wildman–Crippen MR) is 48.2 cm³/mol. The highest BCUT2D eigenvalue weighted by Gasteiger charge is 2.44. The first-order valence-corrected chi connectivity index (χ1v) is 4.82. The highest BCUT2D eigenvalue weighted by Crippen LogP contribution is 2.50. The van der Waals surface area contributed by atoms with Gasteiger partial charge in [0, 0.05) is 5.92 Å². The van der Waals surface area contributed by atoms with E-state index in [-0.39, 0.29) is 5.92 Å². The minimum absolute atomic E-state index is 0.236. The van der Waals surface area contributed by atoms with Gasteiger partial charge in [0.05, 0.1) is 6.07 Å². The zero-order valence-electron chi connectivity index (χ0n) is 7.70. The van der Waals surface area contributed by atoms with Gasteiger partial charge in [-0.2, -0.15) is 5.26 Å². The summed E-state index contributed by atoms with van der Waals surface area (Å²) in [5.41, 5.74) is 0. The van der Waals surface area contributed by atoms with Gasteiger partial charge in [-0.3, -0.25) is 0 Å². The second-order valence-electron chi connectivity index (χ2n) is 4.30. The molecule has 2 aliphatic carbocycles. The molecule has 1 fully saturated rings. The van der Waals surface area contributed by atoms with Gasteiger partial charge in [-0.25, -0.2) is 0 Å². The first-order valence-electron chi connectivity index (χ1n) is 4.82. The molecular formula is C11H15N. The van der Waals surface area contributed by atoms with Crippen LogP contribution in [0.4, 0.5) is 0 Å². The van der Waals surface area contributed by atoms with E-state index in [4.69, 9.17) is 5.26 Å². The predicted octanol–water partition coefficient (Wildman–Crippen LogP) is 2.60. The summed E-state index contributed by atoms with van der Waals surface area (Å²) in [6.45, 7) is 4.36. The van der Waals surface area contributed by atoms with E-state index in [1.54, 1.807) is 0 Å². The van der Waals surface area contributed by atoms with Gasteiger partial charge >= 0.3 is 0 Å². The van der Waals surface area contributed by atoms with E-state index in [0.717, 1.165) is 11.8 Å². The van der Waals surface area contributed by atoms with Crippen LogP contribution in [0.2, 0.25) is 0 Å². The lowest BCUT2D eigenvalue weighted by Gasteiger charge is -2.26. The Hall–Kier alpha value is -0.770. The van der Waals surface area contributed by atoms with Gasteiger partial charge in [0.15, 0.2) is 0 Å². The van der Waals surface area contributed by atoms with Gasteiger partial charge in [-0.15, -0.1) is 0 Å². The standard InChI is InChI=1S/C11H15N/c1-7(6-12)11-8(2)9-3-4-10(11)5-9/h3-4,7-11H,5H2,1-2H3. The lowest BCUT2D eigenvalue weighted by atomic mass is 9.77. The van der Waals surface area contributed by atoms with Gasteiger partial charge < -0.3 is 0 Å². The Morgan fingerprint density at radius 1 is 1.42 bits per heavy atom. The van der Waals surface area contributed by atoms with E-state index in [9.17, 15) is 0 Å². The zero-order valence-corrected chi connectivity index (χ0v) is 7.70. The minimum atomic E-state index is 0.236. The van der Waals surface area contributed by atoms with Crippen molar-refractivity contribution in [1.82, 2.24) is 0 Å². The van der Waals surface area contributed by atoms with E-state index < -0.39 is 0 Å². The van der Waals surface area contributed by atoms with Crippen molar-refractivity contribution in [2.75, 3.05) is 0 Å². The molecule has 0 aliphatic heterocycles.